The SMILES string of the molecule is c1ccc(-c2ccc(N(c3ccc(-c4cccc(-c5cccc6ccccc56)c4)cc3)c3ccccc3-c3cccc4c3c3ccccc3n4-c3ccccc3)cc2)cc1. The van der Waals surface area contributed by atoms with Gasteiger partial charge in [-0.05, 0) is 110 Å². The van der Waals surface area contributed by atoms with Crippen LogP contribution in [0.25, 0.3) is 82.8 Å². The molecule has 0 aliphatic rings. The van der Waals surface area contributed by atoms with Gasteiger partial charge in [-0.15, -0.1) is 0 Å². The van der Waals surface area contributed by atoms with E-state index in [0.29, 0.717) is 0 Å². The number of aromatic nitrogens is 1. The molecule has 1 heterocycles. The first kappa shape index (κ1) is 35.2. The van der Waals surface area contributed by atoms with E-state index >= 15 is 0 Å². The minimum atomic E-state index is 1.09. The van der Waals surface area contributed by atoms with Crippen molar-refractivity contribution in [2.45, 2.75) is 0 Å². The molecule has 60 heavy (non-hydrogen) atoms. The fourth-order valence-corrected chi connectivity index (χ4v) is 9.00. The zero-order valence-electron chi connectivity index (χ0n) is 33.0. The number of hydrogen-bond donors (Lipinski definition) is 0. The van der Waals surface area contributed by atoms with Crippen LogP contribution in [0.3, 0.4) is 0 Å². The van der Waals surface area contributed by atoms with Crippen molar-refractivity contribution in [3.8, 4) is 50.2 Å². The van der Waals surface area contributed by atoms with Crippen LogP contribution in [0, 0.1) is 0 Å². The van der Waals surface area contributed by atoms with Crippen molar-refractivity contribution in [1.82, 2.24) is 4.57 Å². The number of para-hydroxylation sites is 3. The molecule has 0 aliphatic carbocycles. The molecule has 1 aromatic heterocycles. The van der Waals surface area contributed by atoms with Crippen molar-refractivity contribution >= 4 is 49.6 Å². The molecular formula is C58H40N2. The Morgan fingerprint density at radius 2 is 0.800 bits per heavy atom. The topological polar surface area (TPSA) is 8.17 Å². The Morgan fingerprint density at radius 1 is 0.300 bits per heavy atom. The summed E-state index contributed by atoms with van der Waals surface area (Å²) in [7, 11) is 0. The Labute approximate surface area is 350 Å². The summed E-state index contributed by atoms with van der Waals surface area (Å²) < 4.78 is 2.39. The van der Waals surface area contributed by atoms with Crippen molar-refractivity contribution in [3.63, 3.8) is 0 Å². The van der Waals surface area contributed by atoms with Gasteiger partial charge in [-0.1, -0.05) is 182 Å². The van der Waals surface area contributed by atoms with Gasteiger partial charge in [0.05, 0.1) is 16.7 Å². The van der Waals surface area contributed by atoms with E-state index in [1.165, 1.54) is 71.5 Å². The maximum Gasteiger partial charge on any atom is 0.0547 e. The van der Waals surface area contributed by atoms with E-state index in [2.05, 4.69) is 252 Å². The Bertz CT molecular complexity index is 3280. The van der Waals surface area contributed by atoms with Gasteiger partial charge < -0.3 is 9.47 Å². The highest BCUT2D eigenvalue weighted by molar-refractivity contribution is 6.17. The number of nitrogens with zero attached hydrogens (tertiary/aromatic N) is 2. The highest BCUT2D eigenvalue weighted by Gasteiger charge is 2.21. The average molecular weight is 765 g/mol. The molecule has 0 aliphatic heterocycles. The second-order valence-electron chi connectivity index (χ2n) is 15.3. The third kappa shape index (κ3) is 6.23. The van der Waals surface area contributed by atoms with Gasteiger partial charge in [0.15, 0.2) is 0 Å². The van der Waals surface area contributed by atoms with Crippen LogP contribution in [0.5, 0.6) is 0 Å². The molecule has 0 fully saturated rings. The molecule has 11 aromatic rings. The van der Waals surface area contributed by atoms with Crippen molar-refractivity contribution in [3.05, 3.63) is 243 Å². The number of fused-ring (bicyclic) bond motifs is 4. The summed E-state index contributed by atoms with van der Waals surface area (Å²) in [6, 6.07) is 87.8. The van der Waals surface area contributed by atoms with Crippen LogP contribution in [0.1, 0.15) is 0 Å². The van der Waals surface area contributed by atoms with Crippen LogP contribution < -0.4 is 4.90 Å². The number of hydrogen-bond acceptors (Lipinski definition) is 1. The molecule has 11 rings (SSSR count). The predicted molar refractivity (Wildman–Crippen MR) is 255 cm³/mol. The van der Waals surface area contributed by atoms with Gasteiger partial charge >= 0.3 is 0 Å². The lowest BCUT2D eigenvalue weighted by molar-refractivity contribution is 1.18. The molecule has 0 atom stereocenters. The standard InChI is InChI=1S/C58H40N2/c1-3-16-41(17-4-1)42-32-36-48(37-33-42)59(49-38-34-43(35-39-49)45-20-13-21-46(40-45)51-27-14-19-44-18-7-8-24-50(44)51)55-29-11-9-25-52(55)53-28-15-31-57-58(53)54-26-10-12-30-56(54)60(57)47-22-5-2-6-23-47/h1-40H. The largest absolute Gasteiger partial charge is 0.310 e. The van der Waals surface area contributed by atoms with E-state index in [-0.39, 0.29) is 0 Å². The Balaban J connectivity index is 1.06. The van der Waals surface area contributed by atoms with E-state index in [0.717, 1.165) is 28.3 Å². The van der Waals surface area contributed by atoms with Gasteiger partial charge in [0.2, 0.25) is 0 Å². The second kappa shape index (κ2) is 15.1. The molecule has 0 bridgehead atoms. The van der Waals surface area contributed by atoms with Crippen LogP contribution >= 0.6 is 0 Å². The molecule has 0 saturated carbocycles. The fraction of sp³-hybridized carbons (Fsp3) is 0. The summed E-state index contributed by atoms with van der Waals surface area (Å²) in [6.45, 7) is 0. The van der Waals surface area contributed by atoms with E-state index in [1.54, 1.807) is 0 Å². The Kier molecular flexibility index (Phi) is 8.87. The van der Waals surface area contributed by atoms with Gasteiger partial charge in [0.1, 0.15) is 0 Å². The molecule has 2 heteroatoms. The lowest BCUT2D eigenvalue weighted by Gasteiger charge is -2.28. The van der Waals surface area contributed by atoms with Crippen LogP contribution in [0.4, 0.5) is 17.1 Å². The zero-order valence-corrected chi connectivity index (χ0v) is 33.0. The van der Waals surface area contributed by atoms with Crippen molar-refractivity contribution < 1.29 is 0 Å². The molecule has 0 saturated heterocycles. The van der Waals surface area contributed by atoms with Gasteiger partial charge in [0, 0.05) is 33.4 Å². The minimum Gasteiger partial charge on any atom is -0.310 e. The van der Waals surface area contributed by atoms with Crippen LogP contribution in [0.2, 0.25) is 0 Å². The van der Waals surface area contributed by atoms with Gasteiger partial charge in [-0.2, -0.15) is 0 Å². The summed E-state index contributed by atoms with van der Waals surface area (Å²) in [5.41, 5.74) is 16.4. The maximum absolute atomic E-state index is 2.41. The Hall–Kier alpha value is -7.94. The summed E-state index contributed by atoms with van der Waals surface area (Å²) >= 11 is 0. The van der Waals surface area contributed by atoms with E-state index in [9.17, 15) is 0 Å². The fourth-order valence-electron chi connectivity index (χ4n) is 9.00. The summed E-state index contributed by atoms with van der Waals surface area (Å²) in [6.07, 6.45) is 0. The smallest absolute Gasteiger partial charge is 0.0547 e. The van der Waals surface area contributed by atoms with Crippen molar-refractivity contribution in [1.29, 1.82) is 0 Å². The second-order valence-corrected chi connectivity index (χ2v) is 15.3. The van der Waals surface area contributed by atoms with Crippen molar-refractivity contribution in [2.75, 3.05) is 4.90 Å². The Morgan fingerprint density at radius 3 is 1.58 bits per heavy atom. The third-order valence-corrected chi connectivity index (χ3v) is 11.8. The number of benzene rings is 10. The summed E-state index contributed by atoms with van der Waals surface area (Å²) in [5, 5.41) is 4.99. The van der Waals surface area contributed by atoms with E-state index in [4.69, 9.17) is 0 Å². The zero-order chi connectivity index (χ0) is 39.8. The van der Waals surface area contributed by atoms with Gasteiger partial charge in [-0.3, -0.25) is 0 Å². The minimum absolute atomic E-state index is 1.09. The van der Waals surface area contributed by atoms with Crippen LogP contribution in [-0.2, 0) is 0 Å². The first-order chi connectivity index (χ1) is 29.8. The van der Waals surface area contributed by atoms with Crippen molar-refractivity contribution in [2.24, 2.45) is 0 Å². The predicted octanol–water partition coefficient (Wildman–Crippen LogP) is 16.1. The van der Waals surface area contributed by atoms with Crippen LogP contribution in [0.15, 0.2) is 243 Å². The molecule has 2 nitrogen and oxygen atoms in total. The maximum atomic E-state index is 2.41. The van der Waals surface area contributed by atoms with E-state index in [1.807, 2.05) is 0 Å². The molecule has 10 aromatic carbocycles. The first-order valence-electron chi connectivity index (χ1n) is 20.6. The summed E-state index contributed by atoms with van der Waals surface area (Å²) in [5.74, 6) is 0. The number of rotatable bonds is 8. The number of anilines is 3. The molecule has 0 radical (unpaired) electrons. The molecule has 282 valence electrons. The first-order valence-corrected chi connectivity index (χ1v) is 20.6. The lowest BCUT2D eigenvalue weighted by Crippen LogP contribution is -2.11. The monoisotopic (exact) mass is 764 g/mol. The molecular weight excluding hydrogens is 725 g/mol. The van der Waals surface area contributed by atoms with Gasteiger partial charge in [-0.25, -0.2) is 0 Å². The van der Waals surface area contributed by atoms with E-state index < -0.39 is 0 Å². The quantitative estimate of drug-likeness (QED) is 0.150. The molecule has 0 amide bonds. The van der Waals surface area contributed by atoms with Gasteiger partial charge in [0.25, 0.3) is 0 Å². The third-order valence-electron chi connectivity index (χ3n) is 11.8. The highest BCUT2D eigenvalue weighted by Crippen LogP contribution is 2.46. The summed E-state index contributed by atoms with van der Waals surface area (Å²) in [4.78, 5) is 2.41. The molecule has 0 spiro atoms. The normalized spacial score (nSPS) is 11.3. The molecule has 0 unspecified atom stereocenters. The average Bonchev–Trinajstić information content (AvgIpc) is 3.67. The lowest BCUT2D eigenvalue weighted by atomic mass is 9.95. The van der Waals surface area contributed by atoms with Crippen LogP contribution in [-0.4, -0.2) is 4.57 Å². The highest BCUT2D eigenvalue weighted by atomic mass is 15.1. The molecule has 0 N–H and O–H groups in total.